The van der Waals surface area contributed by atoms with Gasteiger partial charge in [-0.2, -0.15) is 0 Å². The minimum absolute atomic E-state index is 0.0190. The van der Waals surface area contributed by atoms with Crippen molar-refractivity contribution in [1.82, 2.24) is 9.55 Å². The molecule has 1 heterocycles. The van der Waals surface area contributed by atoms with E-state index in [9.17, 15) is 13.6 Å². The number of hydrogen-bond acceptors (Lipinski definition) is 3. The van der Waals surface area contributed by atoms with Gasteiger partial charge in [-0.3, -0.25) is 9.36 Å². The van der Waals surface area contributed by atoms with E-state index in [4.69, 9.17) is 0 Å². The van der Waals surface area contributed by atoms with Crippen LogP contribution in [0, 0.1) is 11.6 Å². The van der Waals surface area contributed by atoms with Gasteiger partial charge in [0.2, 0.25) is 0 Å². The molecule has 0 fully saturated rings. The van der Waals surface area contributed by atoms with Gasteiger partial charge in [-0.05, 0) is 36.2 Å². The molecule has 1 aromatic heterocycles. The van der Waals surface area contributed by atoms with Crippen LogP contribution in [-0.2, 0) is 18.7 Å². The second kappa shape index (κ2) is 8.57. The van der Waals surface area contributed by atoms with Crippen molar-refractivity contribution in [3.05, 3.63) is 106 Å². The van der Waals surface area contributed by atoms with Crippen LogP contribution in [0.1, 0.15) is 11.1 Å². The Hall–Kier alpha value is -2.99. The number of aromatic nitrogens is 2. The third-order valence-corrected chi connectivity index (χ3v) is 5.70. The first-order valence-corrected chi connectivity index (χ1v) is 10.2. The minimum atomic E-state index is -0.600. The number of hydrogen-bond donors (Lipinski definition) is 0. The summed E-state index contributed by atoms with van der Waals surface area (Å²) in [5, 5.41) is 0.981. The predicted octanol–water partition coefficient (Wildman–Crippen LogP) is 5.21. The van der Waals surface area contributed by atoms with E-state index in [2.05, 4.69) is 4.98 Å². The number of benzene rings is 3. The molecule has 4 rings (SSSR count). The zero-order chi connectivity index (χ0) is 20.2. The topological polar surface area (TPSA) is 34.9 Å². The summed E-state index contributed by atoms with van der Waals surface area (Å²) in [7, 11) is 0. The van der Waals surface area contributed by atoms with Crippen LogP contribution in [0.5, 0.6) is 0 Å². The molecular formula is C23H18F2N2OS. The van der Waals surface area contributed by atoms with E-state index < -0.39 is 11.6 Å². The largest absolute Gasteiger partial charge is 0.287 e. The molecule has 0 saturated carbocycles. The lowest BCUT2D eigenvalue weighted by Crippen LogP contribution is -2.24. The molecule has 6 heteroatoms. The number of fused-ring (bicyclic) bond motifs is 1. The molecule has 29 heavy (non-hydrogen) atoms. The molecule has 0 bridgehead atoms. The van der Waals surface area contributed by atoms with E-state index in [-0.39, 0.29) is 16.9 Å². The Kier molecular flexibility index (Phi) is 5.71. The third kappa shape index (κ3) is 4.22. The first kappa shape index (κ1) is 19.3. The fraction of sp³-hybridized carbons (Fsp3) is 0.130. The summed E-state index contributed by atoms with van der Waals surface area (Å²) in [5.74, 6) is -1.15. The number of halogens is 2. The minimum Gasteiger partial charge on any atom is -0.287 e. The van der Waals surface area contributed by atoms with Crippen molar-refractivity contribution in [2.24, 2.45) is 0 Å². The van der Waals surface area contributed by atoms with Crippen molar-refractivity contribution in [1.29, 1.82) is 0 Å². The highest BCUT2D eigenvalue weighted by molar-refractivity contribution is 7.98. The van der Waals surface area contributed by atoms with E-state index >= 15 is 0 Å². The molecule has 4 aromatic rings. The molecule has 0 saturated heterocycles. The smallest absolute Gasteiger partial charge is 0.262 e. The van der Waals surface area contributed by atoms with Crippen molar-refractivity contribution in [2.45, 2.75) is 23.9 Å². The van der Waals surface area contributed by atoms with Crippen molar-refractivity contribution >= 4 is 22.7 Å². The Morgan fingerprint density at radius 3 is 2.31 bits per heavy atom. The predicted molar refractivity (Wildman–Crippen MR) is 112 cm³/mol. The summed E-state index contributed by atoms with van der Waals surface area (Å²) in [6, 6.07) is 20.8. The number of rotatable bonds is 6. The molecule has 0 unspecified atom stereocenters. The molecule has 0 radical (unpaired) electrons. The van der Waals surface area contributed by atoms with Crippen LogP contribution >= 0.6 is 11.8 Å². The van der Waals surface area contributed by atoms with Crippen LogP contribution in [0.15, 0.2) is 82.7 Å². The van der Waals surface area contributed by atoms with Crippen molar-refractivity contribution < 1.29 is 8.78 Å². The lowest BCUT2D eigenvalue weighted by Gasteiger charge is -2.13. The molecule has 0 atom stereocenters. The quantitative estimate of drug-likeness (QED) is 0.325. The summed E-state index contributed by atoms with van der Waals surface area (Å²) in [4.78, 5) is 17.7. The van der Waals surface area contributed by atoms with Crippen LogP contribution in [0.2, 0.25) is 0 Å². The lowest BCUT2D eigenvalue weighted by atomic mass is 10.1. The van der Waals surface area contributed by atoms with Gasteiger partial charge in [0, 0.05) is 17.9 Å². The maximum Gasteiger partial charge on any atom is 0.262 e. The monoisotopic (exact) mass is 408 g/mol. The van der Waals surface area contributed by atoms with Gasteiger partial charge in [-0.25, -0.2) is 13.8 Å². The average molecular weight is 408 g/mol. The Bertz CT molecular complexity index is 1190. The van der Waals surface area contributed by atoms with Crippen LogP contribution in [0.4, 0.5) is 8.78 Å². The number of nitrogens with zero attached hydrogens (tertiary/aromatic N) is 2. The Morgan fingerprint density at radius 2 is 1.55 bits per heavy atom. The fourth-order valence-corrected chi connectivity index (χ4v) is 4.19. The molecule has 146 valence electrons. The first-order chi connectivity index (χ1) is 14.1. The third-order valence-electron chi connectivity index (χ3n) is 4.70. The fourth-order valence-electron chi connectivity index (χ4n) is 3.15. The Labute approximate surface area is 171 Å². The second-order valence-electron chi connectivity index (χ2n) is 6.59. The van der Waals surface area contributed by atoms with Gasteiger partial charge in [0.25, 0.3) is 5.56 Å². The normalized spacial score (nSPS) is 11.1. The van der Waals surface area contributed by atoms with Gasteiger partial charge in [0.05, 0.1) is 10.9 Å². The second-order valence-corrected chi connectivity index (χ2v) is 7.54. The van der Waals surface area contributed by atoms with Crippen LogP contribution in [-0.4, -0.2) is 9.55 Å². The van der Waals surface area contributed by atoms with Gasteiger partial charge in [-0.15, -0.1) is 0 Å². The van der Waals surface area contributed by atoms with Gasteiger partial charge in [0.1, 0.15) is 11.6 Å². The van der Waals surface area contributed by atoms with E-state index in [0.717, 1.165) is 17.3 Å². The van der Waals surface area contributed by atoms with Crippen molar-refractivity contribution in [3.63, 3.8) is 0 Å². The molecule has 0 aliphatic carbocycles. The summed E-state index contributed by atoms with van der Waals surface area (Å²) in [6.07, 6.45) is 0.655. The highest BCUT2D eigenvalue weighted by Crippen LogP contribution is 2.25. The van der Waals surface area contributed by atoms with Gasteiger partial charge in [-0.1, -0.05) is 60.3 Å². The molecular weight excluding hydrogens is 390 g/mol. The zero-order valence-corrected chi connectivity index (χ0v) is 16.3. The van der Waals surface area contributed by atoms with Crippen molar-refractivity contribution in [3.8, 4) is 0 Å². The Morgan fingerprint density at radius 1 is 0.862 bits per heavy atom. The zero-order valence-electron chi connectivity index (χ0n) is 15.5. The highest BCUT2D eigenvalue weighted by Gasteiger charge is 2.14. The Balaban J connectivity index is 1.70. The number of para-hydroxylation sites is 1. The maximum absolute atomic E-state index is 14.0. The standard InChI is InChI=1S/C23H18F2N2OS/c24-19-10-6-11-20(25)18(19)15-29-23-26-21-12-5-4-9-17(21)22(28)27(23)14-13-16-7-2-1-3-8-16/h1-12H,13-15H2. The molecule has 0 N–H and O–H groups in total. The van der Waals surface area contributed by atoms with Crippen LogP contribution in [0.25, 0.3) is 10.9 Å². The van der Waals surface area contributed by atoms with E-state index in [1.54, 1.807) is 22.8 Å². The summed E-state index contributed by atoms with van der Waals surface area (Å²) >= 11 is 1.16. The van der Waals surface area contributed by atoms with Crippen LogP contribution < -0.4 is 5.56 Å². The average Bonchev–Trinajstić information content (AvgIpc) is 2.74. The molecule has 0 spiro atoms. The van der Waals surface area contributed by atoms with Gasteiger partial charge >= 0.3 is 0 Å². The molecule has 0 aliphatic heterocycles. The summed E-state index contributed by atoms with van der Waals surface area (Å²) in [6.45, 7) is 0.433. The van der Waals surface area contributed by atoms with E-state index in [1.807, 2.05) is 36.4 Å². The molecule has 3 nitrogen and oxygen atoms in total. The first-order valence-electron chi connectivity index (χ1n) is 9.22. The van der Waals surface area contributed by atoms with Gasteiger partial charge < -0.3 is 0 Å². The molecule has 3 aromatic carbocycles. The molecule has 0 aliphatic rings. The van der Waals surface area contributed by atoms with Gasteiger partial charge in [0.15, 0.2) is 5.16 Å². The van der Waals surface area contributed by atoms with E-state index in [1.165, 1.54) is 18.2 Å². The summed E-state index contributed by atoms with van der Waals surface area (Å²) in [5.41, 5.74) is 1.51. The lowest BCUT2D eigenvalue weighted by molar-refractivity contribution is 0.565. The SMILES string of the molecule is O=c1c2ccccc2nc(SCc2c(F)cccc2F)n1CCc1ccccc1. The van der Waals surface area contributed by atoms with E-state index in [0.29, 0.717) is 29.0 Å². The van der Waals surface area contributed by atoms with Crippen LogP contribution in [0.3, 0.4) is 0 Å². The maximum atomic E-state index is 14.0. The molecule has 0 amide bonds. The summed E-state index contributed by atoms with van der Waals surface area (Å²) < 4.78 is 29.6. The van der Waals surface area contributed by atoms with Crippen molar-refractivity contribution in [2.75, 3.05) is 0 Å². The highest BCUT2D eigenvalue weighted by atomic mass is 32.2. The number of aryl methyl sites for hydroxylation is 1. The number of thioether (sulfide) groups is 1.